The highest BCUT2D eigenvalue weighted by atomic mass is 35.5. The van der Waals surface area contributed by atoms with E-state index in [1.165, 1.54) is 0 Å². The van der Waals surface area contributed by atoms with Gasteiger partial charge in [0.2, 0.25) is 0 Å². The topological polar surface area (TPSA) is 26.3 Å². The molecule has 0 N–H and O–H groups in total. The molecule has 0 saturated carbocycles. The summed E-state index contributed by atoms with van der Waals surface area (Å²) in [5.41, 5.74) is 2.33. The van der Waals surface area contributed by atoms with Crippen LogP contribution in [0.2, 0.25) is 10.0 Å². The first-order valence-corrected chi connectivity index (χ1v) is 6.88. The summed E-state index contributed by atoms with van der Waals surface area (Å²) in [5.74, 6) is 0.542. The van der Waals surface area contributed by atoms with Crippen molar-refractivity contribution in [3.8, 4) is 5.75 Å². The predicted octanol–water partition coefficient (Wildman–Crippen LogP) is 4.74. The molecule has 0 unspecified atom stereocenters. The largest absolute Gasteiger partial charge is 0.496 e. The fourth-order valence-corrected chi connectivity index (χ4v) is 2.45. The lowest BCUT2D eigenvalue weighted by atomic mass is 10.0. The SMILES string of the molecule is COc1ccc(C)cc1C(=O)Cc1ccc(Cl)cc1Cl. The highest BCUT2D eigenvalue weighted by Crippen LogP contribution is 2.25. The summed E-state index contributed by atoms with van der Waals surface area (Å²) in [4.78, 5) is 12.4. The summed E-state index contributed by atoms with van der Waals surface area (Å²) < 4.78 is 5.23. The maximum atomic E-state index is 12.4. The molecule has 0 heterocycles. The summed E-state index contributed by atoms with van der Waals surface area (Å²) >= 11 is 11.9. The molecule has 0 aliphatic heterocycles. The van der Waals surface area contributed by atoms with Gasteiger partial charge in [-0.15, -0.1) is 0 Å². The molecule has 0 fully saturated rings. The third-order valence-corrected chi connectivity index (χ3v) is 3.61. The predicted molar refractivity (Wildman–Crippen MR) is 82.2 cm³/mol. The Kier molecular flexibility index (Phi) is 4.69. The van der Waals surface area contributed by atoms with Crippen LogP contribution in [0.3, 0.4) is 0 Å². The van der Waals surface area contributed by atoms with Crippen LogP contribution in [0.5, 0.6) is 5.75 Å². The summed E-state index contributed by atoms with van der Waals surface area (Å²) in [6.07, 6.45) is 0.218. The number of carbonyl (C=O) groups is 1. The van der Waals surface area contributed by atoms with Crippen molar-refractivity contribution in [2.45, 2.75) is 13.3 Å². The van der Waals surface area contributed by atoms with Crippen LogP contribution in [0.25, 0.3) is 0 Å². The van der Waals surface area contributed by atoms with E-state index >= 15 is 0 Å². The molecule has 0 aliphatic rings. The molecule has 2 aromatic carbocycles. The van der Waals surface area contributed by atoms with Crippen molar-refractivity contribution in [1.29, 1.82) is 0 Å². The van der Waals surface area contributed by atoms with Gasteiger partial charge in [-0.2, -0.15) is 0 Å². The first-order valence-electron chi connectivity index (χ1n) is 6.13. The Labute approximate surface area is 128 Å². The molecular weight excluding hydrogens is 295 g/mol. The van der Waals surface area contributed by atoms with Crippen LogP contribution < -0.4 is 4.74 Å². The molecule has 104 valence electrons. The van der Waals surface area contributed by atoms with Crippen LogP contribution in [0.1, 0.15) is 21.5 Å². The van der Waals surface area contributed by atoms with Gasteiger partial charge in [-0.3, -0.25) is 4.79 Å². The number of Topliss-reactive ketones (excluding diaryl/α,β-unsaturated/α-hetero) is 1. The van der Waals surface area contributed by atoms with Crippen LogP contribution in [0.15, 0.2) is 36.4 Å². The molecule has 0 radical (unpaired) electrons. The summed E-state index contributed by atoms with van der Waals surface area (Å²) in [7, 11) is 1.55. The monoisotopic (exact) mass is 308 g/mol. The maximum absolute atomic E-state index is 12.4. The minimum atomic E-state index is -0.0326. The molecule has 0 aliphatic carbocycles. The lowest BCUT2D eigenvalue weighted by molar-refractivity contribution is 0.0990. The minimum Gasteiger partial charge on any atom is -0.496 e. The van der Waals surface area contributed by atoms with Crippen molar-refractivity contribution < 1.29 is 9.53 Å². The van der Waals surface area contributed by atoms with E-state index in [1.807, 2.05) is 19.1 Å². The summed E-state index contributed by atoms with van der Waals surface area (Å²) in [5, 5.41) is 1.05. The molecule has 0 spiro atoms. The number of rotatable bonds is 4. The molecule has 0 bridgehead atoms. The van der Waals surface area contributed by atoms with E-state index in [-0.39, 0.29) is 12.2 Å². The first kappa shape index (κ1) is 14.9. The Balaban J connectivity index is 2.30. The van der Waals surface area contributed by atoms with Gasteiger partial charge in [0.15, 0.2) is 5.78 Å². The van der Waals surface area contributed by atoms with E-state index in [4.69, 9.17) is 27.9 Å². The molecule has 2 aromatic rings. The van der Waals surface area contributed by atoms with Crippen molar-refractivity contribution in [3.63, 3.8) is 0 Å². The Morgan fingerprint density at radius 2 is 1.90 bits per heavy atom. The number of aryl methyl sites for hydroxylation is 1. The normalized spacial score (nSPS) is 10.4. The lowest BCUT2D eigenvalue weighted by Gasteiger charge is -2.09. The quantitative estimate of drug-likeness (QED) is 0.763. The van der Waals surface area contributed by atoms with Gasteiger partial charge >= 0.3 is 0 Å². The van der Waals surface area contributed by atoms with E-state index in [9.17, 15) is 4.79 Å². The number of methoxy groups -OCH3 is 1. The average Bonchev–Trinajstić information content (AvgIpc) is 2.41. The Hall–Kier alpha value is -1.51. The Morgan fingerprint density at radius 3 is 2.55 bits per heavy atom. The van der Waals surface area contributed by atoms with Crippen LogP contribution in [-0.4, -0.2) is 12.9 Å². The Morgan fingerprint density at radius 1 is 1.15 bits per heavy atom. The van der Waals surface area contributed by atoms with E-state index in [0.29, 0.717) is 21.4 Å². The summed E-state index contributed by atoms with van der Waals surface area (Å²) in [6.45, 7) is 1.94. The Bertz CT molecular complexity index is 651. The van der Waals surface area contributed by atoms with Crippen molar-refractivity contribution >= 4 is 29.0 Å². The van der Waals surface area contributed by atoms with Crippen molar-refractivity contribution in [2.75, 3.05) is 7.11 Å². The standard InChI is InChI=1S/C16H14Cl2O2/c1-10-3-6-16(20-2)13(7-10)15(19)8-11-4-5-12(17)9-14(11)18/h3-7,9H,8H2,1-2H3. The number of hydrogen-bond donors (Lipinski definition) is 0. The zero-order valence-corrected chi connectivity index (χ0v) is 12.8. The molecule has 20 heavy (non-hydrogen) atoms. The second-order valence-corrected chi connectivity index (χ2v) is 5.38. The zero-order valence-electron chi connectivity index (χ0n) is 11.2. The van der Waals surface area contributed by atoms with E-state index in [0.717, 1.165) is 11.1 Å². The minimum absolute atomic E-state index is 0.0326. The van der Waals surface area contributed by atoms with E-state index in [1.54, 1.807) is 31.4 Å². The van der Waals surface area contributed by atoms with E-state index < -0.39 is 0 Å². The van der Waals surface area contributed by atoms with Gasteiger partial charge in [0.1, 0.15) is 5.75 Å². The van der Waals surface area contributed by atoms with Crippen molar-refractivity contribution in [3.05, 3.63) is 63.1 Å². The highest BCUT2D eigenvalue weighted by Gasteiger charge is 2.14. The first-order chi connectivity index (χ1) is 9.51. The number of ketones is 1. The third kappa shape index (κ3) is 3.33. The van der Waals surface area contributed by atoms with Gasteiger partial charge in [0, 0.05) is 16.5 Å². The second kappa shape index (κ2) is 6.29. The van der Waals surface area contributed by atoms with Crippen LogP contribution in [0.4, 0.5) is 0 Å². The molecule has 0 aromatic heterocycles. The second-order valence-electron chi connectivity index (χ2n) is 4.54. The fraction of sp³-hybridized carbons (Fsp3) is 0.188. The number of halogens is 2. The number of benzene rings is 2. The van der Waals surface area contributed by atoms with Gasteiger partial charge in [-0.05, 0) is 36.8 Å². The number of carbonyl (C=O) groups excluding carboxylic acids is 1. The molecule has 2 rings (SSSR count). The summed E-state index contributed by atoms with van der Waals surface area (Å²) in [6, 6.07) is 10.7. The third-order valence-electron chi connectivity index (χ3n) is 3.02. The molecule has 2 nitrogen and oxygen atoms in total. The van der Waals surface area contributed by atoms with Crippen LogP contribution in [-0.2, 0) is 6.42 Å². The van der Waals surface area contributed by atoms with Gasteiger partial charge in [0.25, 0.3) is 0 Å². The van der Waals surface area contributed by atoms with Gasteiger partial charge < -0.3 is 4.74 Å². The maximum Gasteiger partial charge on any atom is 0.171 e. The number of ether oxygens (including phenoxy) is 1. The van der Waals surface area contributed by atoms with Crippen molar-refractivity contribution in [1.82, 2.24) is 0 Å². The van der Waals surface area contributed by atoms with Crippen molar-refractivity contribution in [2.24, 2.45) is 0 Å². The van der Waals surface area contributed by atoms with Gasteiger partial charge in [-0.25, -0.2) is 0 Å². The lowest BCUT2D eigenvalue weighted by Crippen LogP contribution is -2.06. The highest BCUT2D eigenvalue weighted by molar-refractivity contribution is 6.35. The fourth-order valence-electron chi connectivity index (χ4n) is 1.97. The number of hydrogen-bond acceptors (Lipinski definition) is 2. The molecule has 0 saturated heterocycles. The molecular formula is C16H14Cl2O2. The van der Waals surface area contributed by atoms with Crippen LogP contribution in [0, 0.1) is 6.92 Å². The molecule has 0 amide bonds. The van der Waals surface area contributed by atoms with E-state index in [2.05, 4.69) is 0 Å². The molecule has 0 atom stereocenters. The zero-order chi connectivity index (χ0) is 14.7. The average molecular weight is 309 g/mol. The van der Waals surface area contributed by atoms with Gasteiger partial charge in [-0.1, -0.05) is 40.9 Å². The smallest absolute Gasteiger partial charge is 0.171 e. The van der Waals surface area contributed by atoms with Crippen LogP contribution >= 0.6 is 23.2 Å². The van der Waals surface area contributed by atoms with Gasteiger partial charge in [0.05, 0.1) is 12.7 Å². The molecule has 4 heteroatoms.